The Morgan fingerprint density at radius 3 is 2.75 bits per heavy atom. The number of likely N-dealkylation sites (N-methyl/N-ethyl adjacent to an activating group) is 1. The molecule has 0 aromatic heterocycles. The van der Waals surface area contributed by atoms with Crippen LogP contribution < -0.4 is 4.74 Å². The lowest BCUT2D eigenvalue weighted by atomic mass is 9.46. The Balaban J connectivity index is 1.60. The summed E-state index contributed by atoms with van der Waals surface area (Å²) in [4.78, 5) is 16.4. The van der Waals surface area contributed by atoms with Gasteiger partial charge in [-0.25, -0.2) is 0 Å². The zero-order chi connectivity index (χ0) is 19.3. The fourth-order valence-corrected chi connectivity index (χ4v) is 6.79. The van der Waals surface area contributed by atoms with E-state index in [9.17, 15) is 9.90 Å². The number of hydrogen-bond acceptors (Lipinski definition) is 4. The molecule has 1 N–H and O–H groups in total. The molecule has 28 heavy (non-hydrogen) atoms. The van der Waals surface area contributed by atoms with Gasteiger partial charge in [0.05, 0.1) is 5.41 Å². The molecule has 6 rings (SSSR count). The van der Waals surface area contributed by atoms with Crippen LogP contribution in [0.5, 0.6) is 11.5 Å². The molecule has 2 bridgehead atoms. The van der Waals surface area contributed by atoms with Gasteiger partial charge in [-0.05, 0) is 62.9 Å². The number of ketones is 1. The molecule has 2 aromatic carbocycles. The number of piperidine rings is 1. The highest BCUT2D eigenvalue weighted by Crippen LogP contribution is 2.65. The lowest BCUT2D eigenvalue weighted by Gasteiger charge is -2.60. The highest BCUT2D eigenvalue weighted by molar-refractivity contribution is 5.97. The lowest BCUT2D eigenvalue weighted by molar-refractivity contribution is -0.147. The number of phenols is 1. The summed E-state index contributed by atoms with van der Waals surface area (Å²) in [7, 11) is 2.21. The number of hydrogen-bond donors (Lipinski definition) is 1. The smallest absolute Gasteiger partial charge is 0.184 e. The zero-order valence-corrected chi connectivity index (χ0v) is 16.3. The molecule has 4 aliphatic rings. The van der Waals surface area contributed by atoms with Gasteiger partial charge in [-0.1, -0.05) is 36.4 Å². The first-order valence-electron chi connectivity index (χ1n) is 10.3. The van der Waals surface area contributed by atoms with E-state index in [0.717, 1.165) is 36.9 Å². The third-order valence-electron chi connectivity index (χ3n) is 8.21. The number of carbonyl (C=O) groups excluding carboxylic acids is 1. The van der Waals surface area contributed by atoms with Crippen LogP contribution in [-0.2, 0) is 22.0 Å². The molecular weight excluding hydrogens is 350 g/mol. The third kappa shape index (κ3) is 1.74. The number of nitrogens with zero attached hydrogens (tertiary/aromatic N) is 1. The van der Waals surface area contributed by atoms with Gasteiger partial charge in [0.2, 0.25) is 0 Å². The van der Waals surface area contributed by atoms with E-state index in [2.05, 4.69) is 31.0 Å². The fourth-order valence-electron chi connectivity index (χ4n) is 6.79. The van der Waals surface area contributed by atoms with Crippen LogP contribution in [0.4, 0.5) is 0 Å². The topological polar surface area (TPSA) is 49.8 Å². The molecule has 0 amide bonds. The first kappa shape index (κ1) is 16.6. The Kier molecular flexibility index (Phi) is 3.07. The predicted octanol–water partition coefficient (Wildman–Crippen LogP) is 3.20. The van der Waals surface area contributed by atoms with Crippen molar-refractivity contribution in [2.24, 2.45) is 5.92 Å². The molecule has 2 fully saturated rings. The minimum absolute atomic E-state index is 0.168. The van der Waals surface area contributed by atoms with Gasteiger partial charge in [-0.3, -0.25) is 4.79 Å². The molecular formula is C24H25NO3. The summed E-state index contributed by atoms with van der Waals surface area (Å²) in [5.41, 5.74) is 2.61. The summed E-state index contributed by atoms with van der Waals surface area (Å²) in [6.45, 7) is 3.06. The Morgan fingerprint density at radius 1 is 1.18 bits per heavy atom. The van der Waals surface area contributed by atoms with Gasteiger partial charge >= 0.3 is 0 Å². The van der Waals surface area contributed by atoms with Crippen molar-refractivity contribution in [3.63, 3.8) is 0 Å². The molecule has 1 saturated carbocycles. The van der Waals surface area contributed by atoms with Gasteiger partial charge in [0.1, 0.15) is 0 Å². The predicted molar refractivity (Wildman–Crippen MR) is 106 cm³/mol. The largest absolute Gasteiger partial charge is 0.504 e. The molecule has 4 nitrogen and oxygen atoms in total. The quantitative estimate of drug-likeness (QED) is 0.832. The average molecular weight is 375 g/mol. The van der Waals surface area contributed by atoms with Gasteiger partial charge < -0.3 is 14.7 Å². The van der Waals surface area contributed by atoms with Crippen molar-refractivity contribution in [1.82, 2.24) is 4.90 Å². The van der Waals surface area contributed by atoms with E-state index >= 15 is 0 Å². The van der Waals surface area contributed by atoms with Crippen LogP contribution in [0.15, 0.2) is 42.5 Å². The number of carbonyl (C=O) groups is 1. The van der Waals surface area contributed by atoms with Crippen molar-refractivity contribution in [2.75, 3.05) is 13.6 Å². The number of Topliss-reactive ketones (excluding diaryl/α,β-unsaturated/α-hetero) is 1. The van der Waals surface area contributed by atoms with Crippen LogP contribution in [0.3, 0.4) is 0 Å². The van der Waals surface area contributed by atoms with Crippen molar-refractivity contribution in [3.05, 3.63) is 59.2 Å². The zero-order valence-electron chi connectivity index (χ0n) is 16.3. The molecule has 2 heterocycles. The maximum Gasteiger partial charge on any atom is 0.184 e. The molecule has 0 unspecified atom stereocenters. The van der Waals surface area contributed by atoms with E-state index in [4.69, 9.17) is 4.74 Å². The van der Waals surface area contributed by atoms with Crippen LogP contribution in [0.1, 0.15) is 36.5 Å². The first-order chi connectivity index (χ1) is 13.5. The number of likely N-dealkylation sites (tertiary alicyclic amines) is 1. The van der Waals surface area contributed by atoms with E-state index in [-0.39, 0.29) is 16.9 Å². The van der Waals surface area contributed by atoms with E-state index in [1.165, 1.54) is 5.56 Å². The van der Waals surface area contributed by atoms with E-state index in [0.29, 0.717) is 17.7 Å². The van der Waals surface area contributed by atoms with Crippen LogP contribution in [0.2, 0.25) is 0 Å². The summed E-state index contributed by atoms with van der Waals surface area (Å²) >= 11 is 0. The maximum atomic E-state index is 13.9. The number of ether oxygens (including phenoxy) is 1. The van der Waals surface area contributed by atoms with Crippen molar-refractivity contribution in [2.45, 2.75) is 49.2 Å². The standard InChI is InChI=1S/C24H25NO3/c1-23(15-6-4-3-5-7-15)13-16-17-12-14-8-9-18(26)20-19(14)24(16,10-11-25(17)2)22(28-20)21(23)27/h3-9,16-17,22,26H,10-13H2,1-2H3/t16-,17+,22-,23-,24-/m0/s1. The molecule has 2 aliphatic carbocycles. The average Bonchev–Trinajstić information content (AvgIpc) is 3.06. The van der Waals surface area contributed by atoms with Gasteiger partial charge in [0, 0.05) is 17.0 Å². The third-order valence-corrected chi connectivity index (χ3v) is 8.21. The SMILES string of the molecule is CN1CC[C@]23c4c5ccc(O)c4O[C@H]2C(=O)[C@](C)(c2ccccc2)C[C@H]3[C@H]1C5. The van der Waals surface area contributed by atoms with Crippen molar-refractivity contribution < 1.29 is 14.6 Å². The van der Waals surface area contributed by atoms with Gasteiger partial charge in [-0.2, -0.15) is 0 Å². The second kappa shape index (κ2) is 5.18. The summed E-state index contributed by atoms with van der Waals surface area (Å²) in [6, 6.07) is 14.3. The maximum absolute atomic E-state index is 13.9. The molecule has 4 heteroatoms. The fraction of sp³-hybridized carbons (Fsp3) is 0.458. The molecule has 0 radical (unpaired) electrons. The van der Waals surface area contributed by atoms with E-state index in [1.807, 2.05) is 24.3 Å². The minimum Gasteiger partial charge on any atom is -0.504 e. The van der Waals surface area contributed by atoms with Crippen molar-refractivity contribution in [3.8, 4) is 11.5 Å². The molecule has 144 valence electrons. The molecule has 2 aromatic rings. The number of aromatic hydroxyl groups is 1. The number of rotatable bonds is 1. The molecule has 2 aliphatic heterocycles. The normalized spacial score (nSPS) is 38.1. The van der Waals surface area contributed by atoms with Crippen molar-refractivity contribution in [1.29, 1.82) is 0 Å². The number of phenolic OH excluding ortho intramolecular Hbond substituents is 1. The Labute approximate surface area is 165 Å². The lowest BCUT2D eigenvalue weighted by Crippen LogP contribution is -2.69. The van der Waals surface area contributed by atoms with Crippen LogP contribution in [-0.4, -0.2) is 41.5 Å². The van der Waals surface area contributed by atoms with Crippen LogP contribution in [0, 0.1) is 5.92 Å². The van der Waals surface area contributed by atoms with Gasteiger partial charge in [0.15, 0.2) is 23.4 Å². The molecule has 5 atom stereocenters. The Morgan fingerprint density at radius 2 is 1.96 bits per heavy atom. The van der Waals surface area contributed by atoms with Gasteiger partial charge in [0.25, 0.3) is 0 Å². The molecule has 1 spiro atoms. The summed E-state index contributed by atoms with van der Waals surface area (Å²) < 4.78 is 6.36. The summed E-state index contributed by atoms with van der Waals surface area (Å²) in [5, 5.41) is 10.5. The minimum atomic E-state index is -0.564. The summed E-state index contributed by atoms with van der Waals surface area (Å²) in [5.74, 6) is 1.26. The van der Waals surface area contributed by atoms with Crippen molar-refractivity contribution >= 4 is 5.78 Å². The highest BCUT2D eigenvalue weighted by Gasteiger charge is 2.69. The second-order valence-electron chi connectivity index (χ2n) is 9.36. The van der Waals surface area contributed by atoms with Crippen LogP contribution >= 0.6 is 0 Å². The Bertz CT molecular complexity index is 1000. The number of benzene rings is 2. The Hall–Kier alpha value is -2.33. The molecule has 1 saturated heterocycles. The van der Waals surface area contributed by atoms with E-state index < -0.39 is 11.5 Å². The second-order valence-corrected chi connectivity index (χ2v) is 9.36. The summed E-state index contributed by atoms with van der Waals surface area (Å²) in [6.07, 6.45) is 2.20. The van der Waals surface area contributed by atoms with E-state index in [1.54, 1.807) is 6.07 Å². The highest BCUT2D eigenvalue weighted by atomic mass is 16.5. The van der Waals surface area contributed by atoms with Crippen LogP contribution in [0.25, 0.3) is 0 Å². The van der Waals surface area contributed by atoms with Gasteiger partial charge in [-0.15, -0.1) is 0 Å². The first-order valence-corrected chi connectivity index (χ1v) is 10.3. The monoisotopic (exact) mass is 375 g/mol.